The number of amides is 1. The fourth-order valence-corrected chi connectivity index (χ4v) is 1.33. The molecule has 0 saturated heterocycles. The summed E-state index contributed by atoms with van der Waals surface area (Å²) in [5.74, 6) is 0.454. The molecule has 1 rings (SSSR count). The SMILES string of the molecule is CC(CN(C)C(=O)C1CC1)C(N)=NO. The van der Waals surface area contributed by atoms with E-state index in [0.717, 1.165) is 12.8 Å². The summed E-state index contributed by atoms with van der Waals surface area (Å²) >= 11 is 0. The summed E-state index contributed by atoms with van der Waals surface area (Å²) in [5.41, 5.74) is 5.42. The lowest BCUT2D eigenvalue weighted by atomic mass is 10.1. The monoisotopic (exact) mass is 199 g/mol. The highest BCUT2D eigenvalue weighted by molar-refractivity contribution is 5.84. The van der Waals surface area contributed by atoms with E-state index >= 15 is 0 Å². The first-order valence-electron chi connectivity index (χ1n) is 4.78. The van der Waals surface area contributed by atoms with Gasteiger partial charge in [0.1, 0.15) is 5.84 Å². The van der Waals surface area contributed by atoms with Gasteiger partial charge >= 0.3 is 0 Å². The molecule has 0 heterocycles. The van der Waals surface area contributed by atoms with Gasteiger partial charge < -0.3 is 15.8 Å². The fraction of sp³-hybridized carbons (Fsp3) is 0.778. The van der Waals surface area contributed by atoms with E-state index in [0.29, 0.717) is 6.54 Å². The standard InChI is InChI=1S/C9H17N3O2/c1-6(8(10)11-14)5-12(2)9(13)7-3-4-7/h6-7,14H,3-5H2,1-2H3,(H2,10,11). The predicted octanol–water partition coefficient (Wildman–Crippen LogP) is 0.237. The molecule has 0 spiro atoms. The van der Waals surface area contributed by atoms with Crippen LogP contribution in [0.4, 0.5) is 0 Å². The van der Waals surface area contributed by atoms with E-state index in [2.05, 4.69) is 5.16 Å². The minimum absolute atomic E-state index is 0.104. The van der Waals surface area contributed by atoms with Gasteiger partial charge in [-0.05, 0) is 12.8 Å². The van der Waals surface area contributed by atoms with Gasteiger partial charge in [-0.1, -0.05) is 12.1 Å². The van der Waals surface area contributed by atoms with Crippen LogP contribution in [0.5, 0.6) is 0 Å². The molecule has 14 heavy (non-hydrogen) atoms. The van der Waals surface area contributed by atoms with Crippen molar-refractivity contribution in [3.8, 4) is 0 Å². The van der Waals surface area contributed by atoms with Crippen molar-refractivity contribution >= 4 is 11.7 Å². The van der Waals surface area contributed by atoms with Gasteiger partial charge in [-0.25, -0.2) is 0 Å². The first-order valence-corrected chi connectivity index (χ1v) is 4.78. The molecule has 0 aliphatic heterocycles. The van der Waals surface area contributed by atoms with E-state index in [-0.39, 0.29) is 23.6 Å². The normalized spacial score (nSPS) is 19.1. The lowest BCUT2D eigenvalue weighted by molar-refractivity contribution is -0.131. The molecule has 5 nitrogen and oxygen atoms in total. The second kappa shape index (κ2) is 4.30. The molecule has 1 aliphatic carbocycles. The average Bonchev–Trinajstić information content (AvgIpc) is 2.98. The number of nitrogens with two attached hydrogens (primary N) is 1. The summed E-state index contributed by atoms with van der Waals surface area (Å²) in [7, 11) is 1.75. The molecule has 1 unspecified atom stereocenters. The number of oxime groups is 1. The smallest absolute Gasteiger partial charge is 0.225 e. The zero-order valence-electron chi connectivity index (χ0n) is 8.60. The molecule has 1 aliphatic rings. The molecule has 0 aromatic rings. The van der Waals surface area contributed by atoms with Gasteiger partial charge in [-0.2, -0.15) is 0 Å². The van der Waals surface area contributed by atoms with Crippen molar-refractivity contribution in [1.29, 1.82) is 0 Å². The van der Waals surface area contributed by atoms with E-state index in [4.69, 9.17) is 10.9 Å². The molecule has 0 aromatic carbocycles. The van der Waals surface area contributed by atoms with Crippen molar-refractivity contribution in [2.45, 2.75) is 19.8 Å². The zero-order valence-corrected chi connectivity index (χ0v) is 8.60. The van der Waals surface area contributed by atoms with E-state index < -0.39 is 0 Å². The van der Waals surface area contributed by atoms with Gasteiger partial charge in [0.2, 0.25) is 5.91 Å². The zero-order chi connectivity index (χ0) is 10.7. The Balaban J connectivity index is 2.38. The maximum Gasteiger partial charge on any atom is 0.225 e. The largest absolute Gasteiger partial charge is 0.409 e. The van der Waals surface area contributed by atoms with Gasteiger partial charge in [-0.15, -0.1) is 0 Å². The van der Waals surface area contributed by atoms with Crippen molar-refractivity contribution in [1.82, 2.24) is 4.90 Å². The lowest BCUT2D eigenvalue weighted by Crippen LogP contribution is -2.37. The Hall–Kier alpha value is -1.26. The molecule has 1 atom stereocenters. The third-order valence-electron chi connectivity index (χ3n) is 2.47. The summed E-state index contributed by atoms with van der Waals surface area (Å²) < 4.78 is 0. The summed E-state index contributed by atoms with van der Waals surface area (Å²) in [6.45, 7) is 2.33. The Labute approximate surface area is 83.6 Å². The van der Waals surface area contributed by atoms with Gasteiger partial charge in [0.25, 0.3) is 0 Å². The van der Waals surface area contributed by atoms with Crippen molar-refractivity contribution in [2.24, 2.45) is 22.7 Å². The van der Waals surface area contributed by atoms with Crippen molar-refractivity contribution in [3.63, 3.8) is 0 Å². The van der Waals surface area contributed by atoms with Gasteiger partial charge in [0, 0.05) is 25.4 Å². The summed E-state index contributed by atoms with van der Waals surface area (Å²) in [5, 5.41) is 11.4. The Morgan fingerprint density at radius 2 is 2.29 bits per heavy atom. The van der Waals surface area contributed by atoms with Crippen LogP contribution in [-0.2, 0) is 4.79 Å². The summed E-state index contributed by atoms with van der Waals surface area (Å²) in [4.78, 5) is 13.2. The molecule has 80 valence electrons. The molecular weight excluding hydrogens is 182 g/mol. The second-order valence-corrected chi connectivity index (χ2v) is 3.92. The second-order valence-electron chi connectivity index (χ2n) is 3.92. The van der Waals surface area contributed by atoms with Crippen LogP contribution in [0.25, 0.3) is 0 Å². The number of nitrogens with zero attached hydrogens (tertiary/aromatic N) is 2. The van der Waals surface area contributed by atoms with Crippen LogP contribution in [-0.4, -0.2) is 35.4 Å². The topological polar surface area (TPSA) is 78.9 Å². The minimum Gasteiger partial charge on any atom is -0.409 e. The highest BCUT2D eigenvalue weighted by Gasteiger charge is 2.32. The molecule has 0 bridgehead atoms. The summed E-state index contributed by atoms with van der Waals surface area (Å²) in [6.07, 6.45) is 2.00. The number of hydrogen-bond donors (Lipinski definition) is 2. The Kier molecular flexibility index (Phi) is 3.33. The Morgan fingerprint density at radius 1 is 1.71 bits per heavy atom. The third kappa shape index (κ3) is 2.61. The van der Waals surface area contributed by atoms with Gasteiger partial charge in [-0.3, -0.25) is 4.79 Å². The molecular formula is C9H17N3O2. The average molecular weight is 199 g/mol. The van der Waals surface area contributed by atoms with Crippen LogP contribution in [0.3, 0.4) is 0 Å². The van der Waals surface area contributed by atoms with Crippen LogP contribution in [0.2, 0.25) is 0 Å². The minimum atomic E-state index is -0.104. The number of carbonyl (C=O) groups excluding carboxylic acids is 1. The molecule has 1 fully saturated rings. The number of rotatable bonds is 4. The number of hydrogen-bond acceptors (Lipinski definition) is 3. The Bertz CT molecular complexity index is 248. The van der Waals surface area contributed by atoms with Crippen LogP contribution in [0.1, 0.15) is 19.8 Å². The van der Waals surface area contributed by atoms with Crippen LogP contribution in [0, 0.1) is 11.8 Å². The van der Waals surface area contributed by atoms with Crippen LogP contribution < -0.4 is 5.73 Å². The predicted molar refractivity (Wildman–Crippen MR) is 52.9 cm³/mol. The first kappa shape index (κ1) is 10.8. The van der Waals surface area contributed by atoms with Gasteiger partial charge in [0.15, 0.2) is 0 Å². The van der Waals surface area contributed by atoms with Crippen molar-refractivity contribution < 1.29 is 10.0 Å². The quantitative estimate of drug-likeness (QED) is 0.294. The highest BCUT2D eigenvalue weighted by Crippen LogP contribution is 2.30. The van der Waals surface area contributed by atoms with E-state index in [9.17, 15) is 4.79 Å². The number of carbonyl (C=O) groups is 1. The van der Waals surface area contributed by atoms with E-state index in [1.807, 2.05) is 6.92 Å². The Morgan fingerprint density at radius 3 is 2.71 bits per heavy atom. The summed E-state index contributed by atoms with van der Waals surface area (Å²) in [6, 6.07) is 0. The van der Waals surface area contributed by atoms with Crippen LogP contribution in [0.15, 0.2) is 5.16 Å². The van der Waals surface area contributed by atoms with E-state index in [1.54, 1.807) is 11.9 Å². The molecule has 3 N–H and O–H groups in total. The maximum absolute atomic E-state index is 11.5. The van der Waals surface area contributed by atoms with Crippen molar-refractivity contribution in [3.05, 3.63) is 0 Å². The molecule has 5 heteroatoms. The lowest BCUT2D eigenvalue weighted by Gasteiger charge is -2.20. The number of amidine groups is 1. The van der Waals surface area contributed by atoms with Crippen molar-refractivity contribution in [2.75, 3.05) is 13.6 Å². The molecule has 1 saturated carbocycles. The third-order valence-corrected chi connectivity index (χ3v) is 2.47. The first-order chi connectivity index (χ1) is 6.56. The molecule has 0 radical (unpaired) electrons. The highest BCUT2D eigenvalue weighted by atomic mass is 16.4. The van der Waals surface area contributed by atoms with Crippen LogP contribution >= 0.6 is 0 Å². The maximum atomic E-state index is 11.5. The molecule has 0 aromatic heterocycles. The molecule has 1 amide bonds. The fourth-order valence-electron chi connectivity index (χ4n) is 1.33. The van der Waals surface area contributed by atoms with Gasteiger partial charge in [0.05, 0.1) is 0 Å². The van der Waals surface area contributed by atoms with E-state index in [1.165, 1.54) is 0 Å².